The molecule has 94 valence electrons. The lowest BCUT2D eigenvalue weighted by atomic mass is 10.3. The molecule has 1 amide bonds. The Kier molecular flexibility index (Phi) is 7.53. The summed E-state index contributed by atoms with van der Waals surface area (Å²) in [6.45, 7) is 2.36. The Hall–Kier alpha value is -0.460. The molecule has 0 aromatic heterocycles. The number of hydrogen-bond donors (Lipinski definition) is 2. The number of halogens is 1. The molecule has 1 aliphatic heterocycles. The molecule has 1 fully saturated rings. The smallest absolute Gasteiger partial charge is 0.307 e. The molecule has 0 aliphatic carbocycles. The molecule has 0 radical (unpaired) electrons. The highest BCUT2D eigenvalue weighted by Gasteiger charge is 2.26. The predicted molar refractivity (Wildman–Crippen MR) is 65.7 cm³/mol. The van der Waals surface area contributed by atoms with Crippen molar-refractivity contribution in [3.63, 3.8) is 0 Å². The van der Waals surface area contributed by atoms with Crippen molar-refractivity contribution in [3.05, 3.63) is 0 Å². The Labute approximate surface area is 105 Å². The Bertz CT molecular complexity index is 253. The van der Waals surface area contributed by atoms with Crippen LogP contribution in [0.15, 0.2) is 0 Å². The number of methoxy groups -OCH3 is 1. The number of carbonyl (C=O) groups is 2. The maximum atomic E-state index is 11.5. The summed E-state index contributed by atoms with van der Waals surface area (Å²) in [5.74, 6) is 0.429. The lowest BCUT2D eigenvalue weighted by Gasteiger charge is -2.10. The van der Waals surface area contributed by atoms with Gasteiger partial charge in [-0.25, -0.2) is 0 Å². The van der Waals surface area contributed by atoms with Crippen molar-refractivity contribution in [2.75, 3.05) is 19.4 Å². The predicted octanol–water partition coefficient (Wildman–Crippen LogP) is 0.138. The average Bonchev–Trinajstić information content (AvgIpc) is 2.64. The molecule has 0 spiro atoms. The van der Waals surface area contributed by atoms with Gasteiger partial charge in [0.05, 0.1) is 24.9 Å². The van der Waals surface area contributed by atoms with Gasteiger partial charge in [0.25, 0.3) is 0 Å². The van der Waals surface area contributed by atoms with Gasteiger partial charge in [0.15, 0.2) is 0 Å². The van der Waals surface area contributed by atoms with Gasteiger partial charge >= 0.3 is 5.97 Å². The summed E-state index contributed by atoms with van der Waals surface area (Å²) in [6, 6.07) is -0.136. The van der Waals surface area contributed by atoms with Crippen LogP contribution in [0.2, 0.25) is 0 Å². The summed E-state index contributed by atoms with van der Waals surface area (Å²) in [5.41, 5.74) is 0. The Balaban J connectivity index is 0.00000225. The van der Waals surface area contributed by atoms with E-state index in [2.05, 4.69) is 15.4 Å². The number of ether oxygens (including phenoxy) is 1. The summed E-state index contributed by atoms with van der Waals surface area (Å²) >= 11 is 1.71. The standard InChI is InChI=1S/C9H16N2O3S.ClH/c1-6-11-7(5-15-6)9(13)10-4-3-8(12)14-2;/h6-7,11H,3-5H2,1-2H3,(H,10,13);1H. The molecule has 5 nitrogen and oxygen atoms in total. The van der Waals surface area contributed by atoms with Crippen LogP contribution in [-0.2, 0) is 14.3 Å². The summed E-state index contributed by atoms with van der Waals surface area (Å²) in [5, 5.41) is 6.16. The highest BCUT2D eigenvalue weighted by Crippen LogP contribution is 2.17. The van der Waals surface area contributed by atoms with Gasteiger partial charge in [0.1, 0.15) is 0 Å². The van der Waals surface area contributed by atoms with Crippen LogP contribution in [0.4, 0.5) is 0 Å². The minimum Gasteiger partial charge on any atom is -0.469 e. The van der Waals surface area contributed by atoms with Gasteiger partial charge in [-0.3, -0.25) is 14.9 Å². The molecule has 0 saturated carbocycles. The van der Waals surface area contributed by atoms with Crippen molar-refractivity contribution >= 4 is 36.0 Å². The molecule has 1 rings (SSSR count). The molecule has 1 aliphatic rings. The Morgan fingerprint density at radius 1 is 1.56 bits per heavy atom. The second-order valence-corrected chi connectivity index (χ2v) is 4.69. The van der Waals surface area contributed by atoms with E-state index in [0.717, 1.165) is 5.75 Å². The Morgan fingerprint density at radius 3 is 2.75 bits per heavy atom. The van der Waals surface area contributed by atoms with Gasteiger partial charge in [-0.1, -0.05) is 0 Å². The van der Waals surface area contributed by atoms with Crippen molar-refractivity contribution < 1.29 is 14.3 Å². The minimum atomic E-state index is -0.308. The number of esters is 1. The molecule has 2 N–H and O–H groups in total. The SMILES string of the molecule is COC(=O)CCNC(=O)C1CSC(C)N1.Cl. The first-order valence-electron chi connectivity index (χ1n) is 4.85. The molecule has 1 heterocycles. The van der Waals surface area contributed by atoms with Gasteiger partial charge in [-0.2, -0.15) is 0 Å². The molecule has 0 aromatic carbocycles. The van der Waals surface area contributed by atoms with E-state index < -0.39 is 0 Å². The second kappa shape index (κ2) is 7.76. The van der Waals surface area contributed by atoms with Gasteiger partial charge < -0.3 is 10.1 Å². The van der Waals surface area contributed by atoms with Gasteiger partial charge in [0.2, 0.25) is 5.91 Å². The number of carbonyl (C=O) groups excluding carboxylic acids is 2. The molecular weight excluding hydrogens is 252 g/mol. The van der Waals surface area contributed by atoms with E-state index in [1.807, 2.05) is 6.92 Å². The zero-order valence-electron chi connectivity index (χ0n) is 9.32. The van der Waals surface area contributed by atoms with E-state index in [1.165, 1.54) is 7.11 Å². The van der Waals surface area contributed by atoms with Crippen LogP contribution in [0.25, 0.3) is 0 Å². The van der Waals surface area contributed by atoms with Crippen LogP contribution in [0.1, 0.15) is 13.3 Å². The van der Waals surface area contributed by atoms with Crippen LogP contribution < -0.4 is 10.6 Å². The first-order valence-corrected chi connectivity index (χ1v) is 5.90. The van der Waals surface area contributed by atoms with Crippen LogP contribution in [0, 0.1) is 0 Å². The maximum absolute atomic E-state index is 11.5. The van der Waals surface area contributed by atoms with Crippen molar-refractivity contribution in [3.8, 4) is 0 Å². The molecule has 0 aromatic rings. The summed E-state index contributed by atoms with van der Waals surface area (Å²) < 4.78 is 4.46. The third-order valence-corrected chi connectivity index (χ3v) is 3.28. The fraction of sp³-hybridized carbons (Fsp3) is 0.778. The summed E-state index contributed by atoms with van der Waals surface area (Å²) in [7, 11) is 1.33. The summed E-state index contributed by atoms with van der Waals surface area (Å²) in [4.78, 5) is 22.3. The molecule has 7 heteroatoms. The topological polar surface area (TPSA) is 67.4 Å². The highest BCUT2D eigenvalue weighted by atomic mass is 35.5. The third kappa shape index (κ3) is 5.05. The second-order valence-electron chi connectivity index (χ2n) is 3.31. The number of rotatable bonds is 4. The Morgan fingerprint density at radius 2 is 2.25 bits per heavy atom. The zero-order chi connectivity index (χ0) is 11.3. The van der Waals surface area contributed by atoms with E-state index in [0.29, 0.717) is 11.9 Å². The van der Waals surface area contributed by atoms with Crippen LogP contribution in [-0.4, -0.2) is 42.7 Å². The monoisotopic (exact) mass is 268 g/mol. The average molecular weight is 269 g/mol. The first-order chi connectivity index (χ1) is 7.13. The number of amides is 1. The van der Waals surface area contributed by atoms with E-state index in [4.69, 9.17) is 0 Å². The number of nitrogens with one attached hydrogen (secondary N) is 2. The van der Waals surface area contributed by atoms with Crippen molar-refractivity contribution in [1.29, 1.82) is 0 Å². The summed E-state index contributed by atoms with van der Waals surface area (Å²) in [6.07, 6.45) is 0.220. The molecular formula is C9H17ClN2O3S. The molecule has 1 saturated heterocycles. The van der Waals surface area contributed by atoms with E-state index in [9.17, 15) is 9.59 Å². The number of thioether (sulfide) groups is 1. The zero-order valence-corrected chi connectivity index (χ0v) is 11.0. The third-order valence-electron chi connectivity index (χ3n) is 2.12. The van der Waals surface area contributed by atoms with Crippen molar-refractivity contribution in [2.45, 2.75) is 24.8 Å². The van der Waals surface area contributed by atoms with Gasteiger partial charge in [-0.05, 0) is 6.92 Å². The van der Waals surface area contributed by atoms with Gasteiger partial charge in [-0.15, -0.1) is 24.2 Å². The molecule has 2 unspecified atom stereocenters. The quantitative estimate of drug-likeness (QED) is 0.710. The largest absolute Gasteiger partial charge is 0.469 e. The van der Waals surface area contributed by atoms with E-state index in [-0.39, 0.29) is 36.7 Å². The van der Waals surface area contributed by atoms with Crippen molar-refractivity contribution in [1.82, 2.24) is 10.6 Å². The van der Waals surface area contributed by atoms with Crippen LogP contribution in [0.5, 0.6) is 0 Å². The molecule has 2 atom stereocenters. The van der Waals surface area contributed by atoms with Gasteiger partial charge in [0, 0.05) is 12.3 Å². The molecule has 16 heavy (non-hydrogen) atoms. The lowest BCUT2D eigenvalue weighted by Crippen LogP contribution is -2.44. The highest BCUT2D eigenvalue weighted by molar-refractivity contribution is 8.00. The first kappa shape index (κ1) is 15.5. The van der Waals surface area contributed by atoms with Crippen molar-refractivity contribution in [2.24, 2.45) is 0 Å². The molecule has 0 bridgehead atoms. The maximum Gasteiger partial charge on any atom is 0.307 e. The normalized spacial score (nSPS) is 23.4. The van der Waals surface area contributed by atoms with E-state index in [1.54, 1.807) is 11.8 Å². The fourth-order valence-electron chi connectivity index (χ4n) is 1.28. The minimum absolute atomic E-state index is 0. The van der Waals surface area contributed by atoms with Crippen LogP contribution in [0.3, 0.4) is 0 Å². The number of hydrogen-bond acceptors (Lipinski definition) is 5. The van der Waals surface area contributed by atoms with E-state index >= 15 is 0 Å². The fourth-order valence-corrected chi connectivity index (χ4v) is 2.27. The lowest BCUT2D eigenvalue weighted by molar-refractivity contribution is -0.140. The van der Waals surface area contributed by atoms with Crippen LogP contribution >= 0.6 is 24.2 Å².